The minimum absolute atomic E-state index is 0.624. The molecule has 16 heavy (non-hydrogen) atoms. The molecular weight excluding hydrogens is 216 g/mol. The zero-order valence-corrected chi connectivity index (χ0v) is 9.37. The Morgan fingerprint density at radius 3 is 2.56 bits per heavy atom. The van der Waals surface area contributed by atoms with E-state index < -0.39 is 0 Å². The van der Waals surface area contributed by atoms with Crippen LogP contribution in [0.4, 0.5) is 5.13 Å². The number of aromatic nitrogens is 1. The summed E-state index contributed by atoms with van der Waals surface area (Å²) >= 11 is 1.53. The van der Waals surface area contributed by atoms with Gasteiger partial charge in [-0.2, -0.15) is 0 Å². The second kappa shape index (κ2) is 3.61. The van der Waals surface area contributed by atoms with Crippen molar-refractivity contribution in [1.82, 2.24) is 4.98 Å². The summed E-state index contributed by atoms with van der Waals surface area (Å²) in [4.78, 5) is 4.39. The van der Waals surface area contributed by atoms with Gasteiger partial charge >= 0.3 is 0 Å². The van der Waals surface area contributed by atoms with Gasteiger partial charge in [-0.3, -0.25) is 0 Å². The summed E-state index contributed by atoms with van der Waals surface area (Å²) < 4.78 is 1.14. The fourth-order valence-electron chi connectivity index (χ4n) is 1.82. The SMILES string of the molecule is Nc1nc2c(-c3ccccc3)cccc2s1. The Balaban J connectivity index is 2.31. The van der Waals surface area contributed by atoms with Crippen LogP contribution < -0.4 is 5.73 Å². The summed E-state index contributed by atoms with van der Waals surface area (Å²) in [5, 5.41) is 0.624. The van der Waals surface area contributed by atoms with Crippen LogP contribution in [-0.2, 0) is 0 Å². The van der Waals surface area contributed by atoms with E-state index in [1.165, 1.54) is 16.9 Å². The van der Waals surface area contributed by atoms with Gasteiger partial charge in [-0.1, -0.05) is 53.8 Å². The smallest absolute Gasteiger partial charge is 0.181 e. The number of hydrogen-bond acceptors (Lipinski definition) is 3. The molecule has 3 aromatic rings. The van der Waals surface area contributed by atoms with Crippen molar-refractivity contribution in [3.63, 3.8) is 0 Å². The number of benzene rings is 2. The predicted molar refractivity (Wildman–Crippen MR) is 69.5 cm³/mol. The van der Waals surface area contributed by atoms with Gasteiger partial charge in [-0.25, -0.2) is 4.98 Å². The fourth-order valence-corrected chi connectivity index (χ4v) is 2.58. The molecule has 3 heteroatoms. The minimum atomic E-state index is 0.624. The average molecular weight is 226 g/mol. The third kappa shape index (κ3) is 1.46. The number of anilines is 1. The molecule has 0 aliphatic rings. The van der Waals surface area contributed by atoms with Crippen LogP contribution in [0.25, 0.3) is 21.3 Å². The molecule has 0 unspecified atom stereocenters. The summed E-state index contributed by atoms with van der Waals surface area (Å²) in [5.74, 6) is 0. The highest BCUT2D eigenvalue weighted by Gasteiger charge is 2.07. The Hall–Kier alpha value is -1.87. The van der Waals surface area contributed by atoms with Crippen LogP contribution in [0.15, 0.2) is 48.5 Å². The molecule has 0 saturated heterocycles. The number of nitrogens with two attached hydrogens (primary N) is 1. The van der Waals surface area contributed by atoms with Crippen LogP contribution in [0.3, 0.4) is 0 Å². The lowest BCUT2D eigenvalue weighted by Gasteiger charge is -2.01. The van der Waals surface area contributed by atoms with Crippen molar-refractivity contribution < 1.29 is 0 Å². The van der Waals surface area contributed by atoms with Gasteiger partial charge in [-0.05, 0) is 11.6 Å². The molecule has 2 nitrogen and oxygen atoms in total. The lowest BCUT2D eigenvalue weighted by Crippen LogP contribution is -1.82. The maximum Gasteiger partial charge on any atom is 0.181 e. The molecule has 1 heterocycles. The van der Waals surface area contributed by atoms with E-state index in [1.807, 2.05) is 24.3 Å². The molecule has 0 aliphatic heterocycles. The van der Waals surface area contributed by atoms with Crippen molar-refractivity contribution in [3.8, 4) is 11.1 Å². The number of para-hydroxylation sites is 1. The van der Waals surface area contributed by atoms with Crippen molar-refractivity contribution in [2.45, 2.75) is 0 Å². The first kappa shape index (κ1) is 9.36. The summed E-state index contributed by atoms with van der Waals surface area (Å²) in [6, 6.07) is 16.4. The van der Waals surface area contributed by atoms with Crippen LogP contribution in [-0.4, -0.2) is 4.98 Å². The molecule has 78 valence electrons. The van der Waals surface area contributed by atoms with E-state index in [0.717, 1.165) is 15.8 Å². The van der Waals surface area contributed by atoms with Crippen molar-refractivity contribution >= 4 is 26.7 Å². The zero-order valence-electron chi connectivity index (χ0n) is 8.55. The Bertz CT molecular complexity index is 629. The molecule has 0 bridgehead atoms. The predicted octanol–water partition coefficient (Wildman–Crippen LogP) is 3.55. The molecule has 2 aromatic carbocycles. The summed E-state index contributed by atoms with van der Waals surface area (Å²) in [5.41, 5.74) is 9.06. The quantitative estimate of drug-likeness (QED) is 0.689. The Morgan fingerprint density at radius 1 is 0.938 bits per heavy atom. The minimum Gasteiger partial charge on any atom is -0.375 e. The second-order valence-electron chi connectivity index (χ2n) is 3.57. The first-order chi connectivity index (χ1) is 7.84. The highest BCUT2D eigenvalue weighted by atomic mass is 32.1. The van der Waals surface area contributed by atoms with Crippen molar-refractivity contribution in [3.05, 3.63) is 48.5 Å². The first-order valence-corrected chi connectivity index (χ1v) is 5.87. The van der Waals surface area contributed by atoms with Crippen molar-refractivity contribution in [1.29, 1.82) is 0 Å². The number of fused-ring (bicyclic) bond motifs is 1. The Labute approximate surface area is 97.4 Å². The number of nitrogens with zero attached hydrogens (tertiary/aromatic N) is 1. The van der Waals surface area contributed by atoms with Crippen LogP contribution in [0.2, 0.25) is 0 Å². The summed E-state index contributed by atoms with van der Waals surface area (Å²) in [6.45, 7) is 0. The molecule has 1 aromatic heterocycles. The topological polar surface area (TPSA) is 38.9 Å². The zero-order chi connectivity index (χ0) is 11.0. The molecular formula is C13H10N2S. The van der Waals surface area contributed by atoms with E-state index in [-0.39, 0.29) is 0 Å². The van der Waals surface area contributed by atoms with Crippen LogP contribution in [0.5, 0.6) is 0 Å². The average Bonchev–Trinajstić information content (AvgIpc) is 2.70. The molecule has 3 rings (SSSR count). The van der Waals surface area contributed by atoms with E-state index >= 15 is 0 Å². The Morgan fingerprint density at radius 2 is 1.75 bits per heavy atom. The number of rotatable bonds is 1. The first-order valence-electron chi connectivity index (χ1n) is 5.05. The van der Waals surface area contributed by atoms with Crippen LogP contribution in [0.1, 0.15) is 0 Å². The van der Waals surface area contributed by atoms with E-state index in [4.69, 9.17) is 5.73 Å². The molecule has 0 radical (unpaired) electrons. The molecule has 0 fully saturated rings. The molecule has 2 N–H and O–H groups in total. The van der Waals surface area contributed by atoms with Crippen LogP contribution in [0, 0.1) is 0 Å². The molecule has 0 atom stereocenters. The third-order valence-corrected chi connectivity index (χ3v) is 3.37. The summed E-state index contributed by atoms with van der Waals surface area (Å²) in [6.07, 6.45) is 0. The molecule has 0 amide bonds. The normalized spacial score (nSPS) is 10.8. The molecule has 0 saturated carbocycles. The maximum absolute atomic E-state index is 5.74. The van der Waals surface area contributed by atoms with Gasteiger partial charge in [-0.15, -0.1) is 0 Å². The molecule has 0 aliphatic carbocycles. The van der Waals surface area contributed by atoms with Crippen molar-refractivity contribution in [2.75, 3.05) is 5.73 Å². The monoisotopic (exact) mass is 226 g/mol. The third-order valence-electron chi connectivity index (χ3n) is 2.52. The van der Waals surface area contributed by atoms with Crippen LogP contribution >= 0.6 is 11.3 Å². The van der Waals surface area contributed by atoms with Gasteiger partial charge in [0.2, 0.25) is 0 Å². The standard InChI is InChI=1S/C13H10N2S/c14-13-15-12-10(7-4-8-11(12)16-13)9-5-2-1-3-6-9/h1-8H,(H2,14,15). The van der Waals surface area contributed by atoms with E-state index in [1.54, 1.807) is 0 Å². The second-order valence-corrected chi connectivity index (χ2v) is 4.63. The van der Waals surface area contributed by atoms with E-state index in [2.05, 4.69) is 29.2 Å². The summed E-state index contributed by atoms with van der Waals surface area (Å²) in [7, 11) is 0. The fraction of sp³-hybridized carbons (Fsp3) is 0. The largest absolute Gasteiger partial charge is 0.375 e. The molecule has 0 spiro atoms. The van der Waals surface area contributed by atoms with E-state index in [9.17, 15) is 0 Å². The van der Waals surface area contributed by atoms with Gasteiger partial charge < -0.3 is 5.73 Å². The van der Waals surface area contributed by atoms with Gasteiger partial charge in [0, 0.05) is 5.56 Å². The number of nitrogen functional groups attached to an aromatic ring is 1. The van der Waals surface area contributed by atoms with E-state index in [0.29, 0.717) is 5.13 Å². The highest BCUT2D eigenvalue weighted by molar-refractivity contribution is 7.22. The lowest BCUT2D eigenvalue weighted by atomic mass is 10.1. The van der Waals surface area contributed by atoms with Gasteiger partial charge in [0.05, 0.1) is 10.2 Å². The number of hydrogen-bond donors (Lipinski definition) is 1. The maximum atomic E-state index is 5.74. The number of thiazole rings is 1. The Kier molecular flexibility index (Phi) is 2.11. The van der Waals surface area contributed by atoms with Gasteiger partial charge in [0.1, 0.15) is 0 Å². The highest BCUT2D eigenvalue weighted by Crippen LogP contribution is 2.32. The van der Waals surface area contributed by atoms with Gasteiger partial charge in [0.25, 0.3) is 0 Å². The van der Waals surface area contributed by atoms with Gasteiger partial charge in [0.15, 0.2) is 5.13 Å². The lowest BCUT2D eigenvalue weighted by molar-refractivity contribution is 1.49. The van der Waals surface area contributed by atoms with Crippen molar-refractivity contribution in [2.24, 2.45) is 0 Å².